The van der Waals surface area contributed by atoms with Crippen LogP contribution < -0.4 is 20.1 Å². The van der Waals surface area contributed by atoms with E-state index in [4.69, 9.17) is 9.47 Å². The van der Waals surface area contributed by atoms with E-state index in [9.17, 15) is 14.7 Å². The van der Waals surface area contributed by atoms with Gasteiger partial charge in [0.1, 0.15) is 0 Å². The Kier molecular flexibility index (Phi) is 6.41. The lowest BCUT2D eigenvalue weighted by Gasteiger charge is -2.17. The smallest absolute Gasteiger partial charge is 0.251 e. The molecule has 1 heterocycles. The van der Waals surface area contributed by atoms with Crippen LogP contribution in [0.2, 0.25) is 0 Å². The minimum absolute atomic E-state index is 0. The summed E-state index contributed by atoms with van der Waals surface area (Å²) in [4.78, 5) is 25.8. The molecule has 1 aliphatic heterocycles. The van der Waals surface area contributed by atoms with Gasteiger partial charge in [0, 0.05) is 15.5 Å². The molecule has 1 aliphatic carbocycles. The van der Waals surface area contributed by atoms with Gasteiger partial charge in [0.2, 0.25) is 12.7 Å². The zero-order chi connectivity index (χ0) is 25.3. The van der Waals surface area contributed by atoms with Gasteiger partial charge in [-0.25, -0.2) is 0 Å². The van der Waals surface area contributed by atoms with E-state index >= 15 is 0 Å². The molecule has 5 rings (SSSR count). The first-order valence-corrected chi connectivity index (χ1v) is 12.3. The van der Waals surface area contributed by atoms with Crippen LogP contribution in [0, 0.1) is 6.92 Å². The fourth-order valence-corrected chi connectivity index (χ4v) is 4.60. The molecule has 0 bridgehead atoms. The standard InChI is InChI=1S/C29H30N2O5.3H2/c1-3-23(16-32)30-27(33)20-6-4-19(5-7-20)21-12-18(2)13-24(14-21)31-28(34)29(10-11-29)22-8-9-25-26(15-22)36-17-35-25;;;/h4-9,12-15,23,32H,3,10-11,16-17H2,1-2H3,(H,30,33)(H,31,34);3*1H/t23-;;;/m0.../s1. The number of fused-ring (bicyclic) bond motifs is 1. The summed E-state index contributed by atoms with van der Waals surface area (Å²) in [6.45, 7) is 4.02. The zero-order valence-electron chi connectivity index (χ0n) is 20.5. The molecule has 2 aliphatic rings. The number of aliphatic hydroxyl groups excluding tert-OH is 1. The summed E-state index contributed by atoms with van der Waals surface area (Å²) in [5, 5.41) is 15.3. The molecule has 192 valence electrons. The van der Waals surface area contributed by atoms with Crippen LogP contribution in [0.4, 0.5) is 5.69 Å². The number of anilines is 1. The highest BCUT2D eigenvalue weighted by Gasteiger charge is 2.51. The molecule has 0 aromatic heterocycles. The Morgan fingerprint density at radius 2 is 1.75 bits per heavy atom. The highest BCUT2D eigenvalue weighted by Crippen LogP contribution is 2.51. The van der Waals surface area contributed by atoms with Crippen molar-refractivity contribution >= 4 is 17.5 Å². The Hall–Kier alpha value is -3.84. The average Bonchev–Trinajstić information content (AvgIpc) is 3.57. The van der Waals surface area contributed by atoms with Crippen molar-refractivity contribution in [3.05, 3.63) is 77.4 Å². The second-order valence-corrected chi connectivity index (χ2v) is 9.53. The Labute approximate surface area is 214 Å². The molecule has 3 N–H and O–H groups in total. The van der Waals surface area contributed by atoms with E-state index in [0.29, 0.717) is 23.5 Å². The normalized spacial score (nSPS) is 15.8. The zero-order valence-corrected chi connectivity index (χ0v) is 20.5. The number of carbonyl (C=O) groups is 2. The van der Waals surface area contributed by atoms with Crippen molar-refractivity contribution in [1.82, 2.24) is 5.32 Å². The average molecular weight is 493 g/mol. The predicted octanol–water partition coefficient (Wildman–Crippen LogP) is 5.30. The number of nitrogens with one attached hydrogen (secondary N) is 2. The number of amides is 2. The van der Waals surface area contributed by atoms with Crippen molar-refractivity contribution in [2.75, 3.05) is 18.7 Å². The molecule has 1 fully saturated rings. The monoisotopic (exact) mass is 492 g/mol. The van der Waals surface area contributed by atoms with Gasteiger partial charge in [0.05, 0.1) is 18.1 Å². The van der Waals surface area contributed by atoms with Crippen molar-refractivity contribution in [3.8, 4) is 22.6 Å². The number of aryl methyl sites for hydroxylation is 1. The number of rotatable bonds is 8. The molecule has 0 radical (unpaired) electrons. The Balaban J connectivity index is 0.00000178. The summed E-state index contributed by atoms with van der Waals surface area (Å²) in [5.41, 5.74) is 4.57. The van der Waals surface area contributed by atoms with E-state index in [-0.39, 0.29) is 35.5 Å². The number of ether oxygens (including phenoxy) is 2. The quantitative estimate of drug-likeness (QED) is 0.397. The van der Waals surface area contributed by atoms with Gasteiger partial charge < -0.3 is 25.2 Å². The lowest BCUT2D eigenvalue weighted by molar-refractivity contribution is -0.118. The van der Waals surface area contributed by atoms with Crippen LogP contribution in [0.1, 0.15) is 52.0 Å². The Bertz CT molecular complexity index is 1310. The predicted molar refractivity (Wildman–Crippen MR) is 144 cm³/mol. The van der Waals surface area contributed by atoms with Gasteiger partial charge in [-0.1, -0.05) is 31.2 Å². The van der Waals surface area contributed by atoms with E-state index in [0.717, 1.165) is 40.8 Å². The Morgan fingerprint density at radius 3 is 2.44 bits per heavy atom. The van der Waals surface area contributed by atoms with Crippen molar-refractivity contribution in [2.24, 2.45) is 0 Å². The van der Waals surface area contributed by atoms with E-state index in [1.165, 1.54) is 0 Å². The number of carbonyl (C=O) groups excluding carboxylic acids is 2. The number of aliphatic hydroxyl groups is 1. The fourth-order valence-electron chi connectivity index (χ4n) is 4.60. The molecule has 1 atom stereocenters. The van der Waals surface area contributed by atoms with Crippen LogP contribution in [-0.4, -0.2) is 36.4 Å². The molecule has 1 saturated carbocycles. The summed E-state index contributed by atoms with van der Waals surface area (Å²) in [5.74, 6) is 1.15. The maximum Gasteiger partial charge on any atom is 0.251 e. The number of hydrogen-bond acceptors (Lipinski definition) is 5. The maximum absolute atomic E-state index is 13.4. The van der Waals surface area contributed by atoms with Gasteiger partial charge >= 0.3 is 0 Å². The number of benzene rings is 3. The molecule has 0 saturated heterocycles. The molecule has 7 nitrogen and oxygen atoms in total. The molecular weight excluding hydrogens is 456 g/mol. The molecular formula is C29H36N2O5. The van der Waals surface area contributed by atoms with E-state index in [1.807, 2.05) is 62.4 Å². The first-order chi connectivity index (χ1) is 17.4. The van der Waals surface area contributed by atoms with Gasteiger partial charge in [0.15, 0.2) is 11.5 Å². The van der Waals surface area contributed by atoms with Crippen LogP contribution in [0.3, 0.4) is 0 Å². The van der Waals surface area contributed by atoms with Gasteiger partial charge in [-0.3, -0.25) is 9.59 Å². The third-order valence-electron chi connectivity index (χ3n) is 6.97. The highest BCUT2D eigenvalue weighted by atomic mass is 16.7. The first kappa shape index (κ1) is 23.9. The van der Waals surface area contributed by atoms with E-state index in [2.05, 4.69) is 10.6 Å². The maximum atomic E-state index is 13.4. The third kappa shape index (κ3) is 4.66. The second kappa shape index (κ2) is 9.66. The van der Waals surface area contributed by atoms with Gasteiger partial charge in [-0.05, 0) is 84.8 Å². The van der Waals surface area contributed by atoms with E-state index < -0.39 is 5.41 Å². The summed E-state index contributed by atoms with van der Waals surface area (Å²) in [6, 6.07) is 18.8. The number of hydrogen-bond donors (Lipinski definition) is 3. The Morgan fingerprint density at radius 1 is 1.00 bits per heavy atom. The van der Waals surface area contributed by atoms with Gasteiger partial charge in [-0.15, -0.1) is 0 Å². The molecule has 7 heteroatoms. The van der Waals surface area contributed by atoms with Crippen LogP contribution in [0.5, 0.6) is 11.5 Å². The molecule has 2 amide bonds. The third-order valence-corrected chi connectivity index (χ3v) is 6.97. The summed E-state index contributed by atoms with van der Waals surface area (Å²) in [6.07, 6.45) is 2.24. The fraction of sp³-hybridized carbons (Fsp3) is 0.310. The molecule has 3 aromatic carbocycles. The van der Waals surface area contributed by atoms with Crippen LogP contribution in [0.15, 0.2) is 60.7 Å². The molecule has 3 aromatic rings. The highest BCUT2D eigenvalue weighted by molar-refractivity contribution is 6.02. The second-order valence-electron chi connectivity index (χ2n) is 9.53. The molecule has 0 spiro atoms. The summed E-state index contributed by atoms with van der Waals surface area (Å²) in [7, 11) is 0. The topological polar surface area (TPSA) is 96.9 Å². The summed E-state index contributed by atoms with van der Waals surface area (Å²) >= 11 is 0. The SMILES string of the molecule is CC[C@@H](CO)NC(=O)c1ccc(-c2cc(C)cc(NC(=O)C3(c4ccc5c(c4)OCO5)CC3)c2)cc1.[HH].[HH].[HH]. The van der Waals surface area contributed by atoms with Gasteiger partial charge in [0.25, 0.3) is 5.91 Å². The van der Waals surface area contributed by atoms with Crippen molar-refractivity contribution in [2.45, 2.75) is 44.6 Å². The van der Waals surface area contributed by atoms with Crippen LogP contribution >= 0.6 is 0 Å². The first-order valence-electron chi connectivity index (χ1n) is 12.3. The minimum atomic E-state index is -0.551. The van der Waals surface area contributed by atoms with Crippen molar-refractivity contribution < 1.29 is 28.4 Å². The molecule has 0 unspecified atom stereocenters. The van der Waals surface area contributed by atoms with E-state index in [1.54, 1.807) is 12.1 Å². The van der Waals surface area contributed by atoms with Crippen LogP contribution in [0.25, 0.3) is 11.1 Å². The lowest BCUT2D eigenvalue weighted by atomic mass is 9.94. The summed E-state index contributed by atoms with van der Waals surface area (Å²) < 4.78 is 10.9. The minimum Gasteiger partial charge on any atom is -0.454 e. The lowest BCUT2D eigenvalue weighted by Crippen LogP contribution is -2.36. The van der Waals surface area contributed by atoms with Gasteiger partial charge in [-0.2, -0.15) is 0 Å². The van der Waals surface area contributed by atoms with Crippen molar-refractivity contribution in [3.63, 3.8) is 0 Å². The molecule has 36 heavy (non-hydrogen) atoms. The van der Waals surface area contributed by atoms with Crippen molar-refractivity contribution in [1.29, 1.82) is 0 Å². The van der Waals surface area contributed by atoms with Crippen LogP contribution in [-0.2, 0) is 10.2 Å². The largest absolute Gasteiger partial charge is 0.454 e.